The largest absolute Gasteiger partial charge is 0.490 e. The number of carbonyl (C=O) groups is 1. The fourth-order valence-corrected chi connectivity index (χ4v) is 3.31. The summed E-state index contributed by atoms with van der Waals surface area (Å²) in [6.45, 7) is 4.16. The Balaban J connectivity index is 1.90. The second-order valence-corrected chi connectivity index (χ2v) is 6.07. The predicted octanol–water partition coefficient (Wildman–Crippen LogP) is 3.86. The number of rotatable bonds is 3. The third kappa shape index (κ3) is 2.30. The van der Waals surface area contributed by atoms with E-state index in [9.17, 15) is 4.79 Å². The molecule has 0 fully saturated rings. The molecular formula is C16H16O2S. The number of carbonyl (C=O) groups excluding carboxylic acids is 1. The zero-order valence-electron chi connectivity index (χ0n) is 11.1. The van der Waals surface area contributed by atoms with Crippen molar-refractivity contribution in [2.75, 3.05) is 0 Å². The molecule has 1 atom stereocenters. The highest BCUT2D eigenvalue weighted by Gasteiger charge is 2.21. The van der Waals surface area contributed by atoms with Gasteiger partial charge in [0.05, 0.1) is 4.88 Å². The molecule has 0 spiro atoms. The quantitative estimate of drug-likeness (QED) is 0.793. The van der Waals surface area contributed by atoms with E-state index in [-0.39, 0.29) is 11.9 Å². The van der Waals surface area contributed by atoms with Gasteiger partial charge in [-0.15, -0.1) is 11.3 Å². The summed E-state index contributed by atoms with van der Waals surface area (Å²) in [5.41, 5.74) is 1.91. The van der Waals surface area contributed by atoms with Gasteiger partial charge in [0.15, 0.2) is 0 Å². The van der Waals surface area contributed by atoms with Crippen LogP contribution in [-0.2, 0) is 12.8 Å². The number of ether oxygens (including phenoxy) is 1. The number of aryl methyl sites for hydroxylation is 1. The van der Waals surface area contributed by atoms with Gasteiger partial charge in [-0.2, -0.15) is 0 Å². The number of hydrogen-bond donors (Lipinski definition) is 0. The number of fused-ring (bicyclic) bond motifs is 1. The molecule has 1 unspecified atom stereocenters. The van der Waals surface area contributed by atoms with Gasteiger partial charge in [0, 0.05) is 16.9 Å². The summed E-state index contributed by atoms with van der Waals surface area (Å²) < 4.78 is 5.66. The highest BCUT2D eigenvalue weighted by molar-refractivity contribution is 7.14. The lowest BCUT2D eigenvalue weighted by atomic mass is 10.0. The van der Waals surface area contributed by atoms with Crippen LogP contribution in [0.2, 0.25) is 0 Å². The first kappa shape index (κ1) is 12.4. The Morgan fingerprint density at radius 2 is 2.21 bits per heavy atom. The Morgan fingerprint density at radius 1 is 1.37 bits per heavy atom. The van der Waals surface area contributed by atoms with Crippen LogP contribution in [0.3, 0.4) is 0 Å². The first-order chi connectivity index (χ1) is 9.17. The molecular weight excluding hydrogens is 256 g/mol. The minimum Gasteiger partial charge on any atom is -0.490 e. The first-order valence-corrected chi connectivity index (χ1v) is 7.42. The third-order valence-corrected chi connectivity index (χ3v) is 4.62. The van der Waals surface area contributed by atoms with E-state index in [0.717, 1.165) is 34.6 Å². The van der Waals surface area contributed by atoms with Crippen molar-refractivity contribution >= 4 is 17.1 Å². The number of thiophene rings is 1. The average molecular weight is 272 g/mol. The molecule has 0 bridgehead atoms. The molecule has 0 N–H and O–H groups in total. The van der Waals surface area contributed by atoms with Gasteiger partial charge in [0.2, 0.25) is 5.78 Å². The van der Waals surface area contributed by atoms with Crippen LogP contribution in [0.15, 0.2) is 30.3 Å². The molecule has 1 aromatic heterocycles. The summed E-state index contributed by atoms with van der Waals surface area (Å²) in [6.07, 6.45) is 2.09. The summed E-state index contributed by atoms with van der Waals surface area (Å²) in [5.74, 6) is 1.04. The zero-order chi connectivity index (χ0) is 13.4. The smallest absolute Gasteiger partial charge is 0.202 e. The van der Waals surface area contributed by atoms with Crippen molar-refractivity contribution in [3.63, 3.8) is 0 Å². The summed E-state index contributed by atoms with van der Waals surface area (Å²) in [4.78, 5) is 14.5. The fraction of sp³-hybridized carbons (Fsp3) is 0.312. The van der Waals surface area contributed by atoms with Crippen LogP contribution in [0.25, 0.3) is 0 Å². The van der Waals surface area contributed by atoms with Crippen LogP contribution in [0.4, 0.5) is 0 Å². The van der Waals surface area contributed by atoms with Crippen LogP contribution >= 0.6 is 11.3 Å². The Labute approximate surface area is 117 Å². The average Bonchev–Trinajstić information content (AvgIpc) is 3.01. The van der Waals surface area contributed by atoms with Gasteiger partial charge in [-0.25, -0.2) is 0 Å². The van der Waals surface area contributed by atoms with Crippen molar-refractivity contribution in [3.05, 3.63) is 51.2 Å². The number of ketones is 1. The lowest BCUT2D eigenvalue weighted by Gasteiger charge is -2.03. The third-order valence-electron chi connectivity index (χ3n) is 3.39. The molecule has 3 heteroatoms. The molecule has 2 aromatic rings. The van der Waals surface area contributed by atoms with Gasteiger partial charge in [-0.3, -0.25) is 4.79 Å². The lowest BCUT2D eigenvalue weighted by molar-refractivity contribution is 0.104. The maximum Gasteiger partial charge on any atom is 0.202 e. The van der Waals surface area contributed by atoms with Gasteiger partial charge < -0.3 is 4.74 Å². The molecule has 0 saturated carbocycles. The van der Waals surface area contributed by atoms with Gasteiger partial charge in [-0.05, 0) is 49.2 Å². The Morgan fingerprint density at radius 3 is 2.95 bits per heavy atom. The summed E-state index contributed by atoms with van der Waals surface area (Å²) in [6, 6.07) is 9.73. The molecule has 19 heavy (non-hydrogen) atoms. The van der Waals surface area contributed by atoms with E-state index in [1.165, 1.54) is 4.88 Å². The van der Waals surface area contributed by atoms with Gasteiger partial charge in [-0.1, -0.05) is 6.92 Å². The molecule has 1 aliphatic heterocycles. The Hall–Kier alpha value is -1.61. The first-order valence-electron chi connectivity index (χ1n) is 6.60. The van der Waals surface area contributed by atoms with Crippen LogP contribution in [0.5, 0.6) is 5.75 Å². The standard InChI is InChI=1S/C16H16O2S/c1-3-13-5-7-15(19-13)16(17)11-4-6-14-12(9-11)8-10(2)18-14/h4-7,9-10H,3,8H2,1-2H3. The highest BCUT2D eigenvalue weighted by atomic mass is 32.1. The van der Waals surface area contributed by atoms with Gasteiger partial charge in [0.1, 0.15) is 11.9 Å². The van der Waals surface area contributed by atoms with Crippen LogP contribution in [0.1, 0.15) is 39.5 Å². The zero-order valence-corrected chi connectivity index (χ0v) is 11.9. The van der Waals surface area contributed by atoms with Crippen molar-refractivity contribution < 1.29 is 9.53 Å². The summed E-state index contributed by atoms with van der Waals surface area (Å²) in [5, 5.41) is 0. The molecule has 0 saturated heterocycles. The molecule has 1 aromatic carbocycles. The van der Waals surface area contributed by atoms with Crippen LogP contribution in [0, 0.1) is 0 Å². The van der Waals surface area contributed by atoms with Crippen molar-refractivity contribution in [2.45, 2.75) is 32.8 Å². The lowest BCUT2D eigenvalue weighted by Crippen LogP contribution is -2.05. The number of benzene rings is 1. The maximum absolute atomic E-state index is 12.4. The molecule has 3 rings (SSSR count). The van der Waals surface area contributed by atoms with E-state index in [1.807, 2.05) is 37.3 Å². The molecule has 2 nitrogen and oxygen atoms in total. The van der Waals surface area contributed by atoms with E-state index in [0.29, 0.717) is 0 Å². The van der Waals surface area contributed by atoms with Gasteiger partial charge >= 0.3 is 0 Å². The summed E-state index contributed by atoms with van der Waals surface area (Å²) >= 11 is 1.59. The Kier molecular flexibility index (Phi) is 3.15. The molecule has 98 valence electrons. The van der Waals surface area contributed by atoms with E-state index in [1.54, 1.807) is 11.3 Å². The molecule has 0 amide bonds. The predicted molar refractivity (Wildman–Crippen MR) is 77.4 cm³/mol. The highest BCUT2D eigenvalue weighted by Crippen LogP contribution is 2.30. The van der Waals surface area contributed by atoms with Crippen LogP contribution < -0.4 is 4.74 Å². The normalized spacial score (nSPS) is 17.1. The fourth-order valence-electron chi connectivity index (χ4n) is 2.40. The van der Waals surface area contributed by atoms with Crippen LogP contribution in [-0.4, -0.2) is 11.9 Å². The molecule has 0 aliphatic carbocycles. The minimum atomic E-state index is 0.118. The van der Waals surface area contributed by atoms with Crippen molar-refractivity contribution in [3.8, 4) is 5.75 Å². The summed E-state index contributed by atoms with van der Waals surface area (Å²) in [7, 11) is 0. The van der Waals surface area contributed by atoms with E-state index in [4.69, 9.17) is 4.74 Å². The minimum absolute atomic E-state index is 0.118. The van der Waals surface area contributed by atoms with Crippen molar-refractivity contribution in [1.82, 2.24) is 0 Å². The second kappa shape index (κ2) is 4.82. The molecule has 2 heterocycles. The maximum atomic E-state index is 12.4. The molecule has 0 radical (unpaired) electrons. The van der Waals surface area contributed by atoms with Crippen molar-refractivity contribution in [1.29, 1.82) is 0 Å². The van der Waals surface area contributed by atoms with Gasteiger partial charge in [0.25, 0.3) is 0 Å². The van der Waals surface area contributed by atoms with E-state index < -0.39 is 0 Å². The van der Waals surface area contributed by atoms with Crippen molar-refractivity contribution in [2.24, 2.45) is 0 Å². The van der Waals surface area contributed by atoms with E-state index >= 15 is 0 Å². The topological polar surface area (TPSA) is 26.3 Å². The number of hydrogen-bond acceptors (Lipinski definition) is 3. The Bertz CT molecular complexity index is 627. The SMILES string of the molecule is CCc1ccc(C(=O)c2ccc3c(c2)CC(C)O3)s1. The second-order valence-electron chi connectivity index (χ2n) is 4.90. The molecule has 1 aliphatic rings. The monoisotopic (exact) mass is 272 g/mol. The van der Waals surface area contributed by atoms with E-state index in [2.05, 4.69) is 6.92 Å².